The Kier molecular flexibility index (Phi) is 5.95. The minimum atomic E-state index is -0.339. The molecule has 2 fully saturated rings. The number of hydrogen-bond acceptors (Lipinski definition) is 4. The molecule has 2 bridgehead atoms. The second-order valence-electron chi connectivity index (χ2n) is 7.10. The predicted molar refractivity (Wildman–Crippen MR) is 104 cm³/mol. The smallest absolute Gasteiger partial charge is 0.255 e. The fraction of sp³-hybridized carbons (Fsp3) is 0.550. The number of anilines is 1. The zero-order valence-corrected chi connectivity index (χ0v) is 16.1. The van der Waals surface area contributed by atoms with E-state index in [2.05, 4.69) is 22.1 Å². The highest BCUT2D eigenvalue weighted by Gasteiger charge is 2.33. The molecule has 1 amide bonds. The molecule has 2 heterocycles. The number of carbonyl (C=O) groups is 1. The molecule has 6 heteroatoms. The van der Waals surface area contributed by atoms with E-state index >= 15 is 0 Å². The number of nitrogen functional groups attached to an aromatic ring is 1. The van der Waals surface area contributed by atoms with Gasteiger partial charge >= 0.3 is 0 Å². The minimum Gasteiger partial charge on any atom is -0.477 e. The molecule has 2 aliphatic rings. The summed E-state index contributed by atoms with van der Waals surface area (Å²) in [7, 11) is 0. The summed E-state index contributed by atoms with van der Waals surface area (Å²) in [6.07, 6.45) is 3.00. The van der Waals surface area contributed by atoms with Gasteiger partial charge in [0.15, 0.2) is 6.10 Å². The lowest BCUT2D eigenvalue weighted by Crippen LogP contribution is -2.53. The molecule has 140 valence electrons. The number of ether oxygens (including phenoxy) is 1. The van der Waals surface area contributed by atoms with Crippen molar-refractivity contribution in [3.63, 3.8) is 0 Å². The number of rotatable bonds is 4. The van der Waals surface area contributed by atoms with Gasteiger partial charge in [-0.3, -0.25) is 4.79 Å². The van der Waals surface area contributed by atoms with Crippen LogP contribution in [0.5, 0.6) is 5.75 Å². The Morgan fingerprint density at radius 2 is 2.23 bits per heavy atom. The van der Waals surface area contributed by atoms with E-state index in [4.69, 9.17) is 22.1 Å². The quantitative estimate of drug-likeness (QED) is 0.627. The maximum atomic E-state index is 13.0. The number of piperidine rings is 2. The molecule has 3 N–H and O–H groups in total. The van der Waals surface area contributed by atoms with E-state index in [0.29, 0.717) is 27.9 Å². The normalized spacial score (nSPS) is 25.6. The van der Waals surface area contributed by atoms with Gasteiger partial charge in [-0.25, -0.2) is 0 Å². The van der Waals surface area contributed by atoms with E-state index in [1.165, 1.54) is 13.0 Å². The molecule has 2 unspecified atom stereocenters. The number of hydrogen-bond donors (Lipinski definition) is 2. The molecule has 4 atom stereocenters. The van der Waals surface area contributed by atoms with Crippen LogP contribution < -0.4 is 15.8 Å². The van der Waals surface area contributed by atoms with Gasteiger partial charge in [0.05, 0.1) is 16.3 Å². The highest BCUT2D eigenvalue weighted by atomic mass is 35.5. The minimum absolute atomic E-state index is 0.164. The van der Waals surface area contributed by atoms with E-state index in [0.717, 1.165) is 25.9 Å². The fourth-order valence-corrected chi connectivity index (χ4v) is 4.05. The number of fused-ring (bicyclic) bond motifs is 2. The van der Waals surface area contributed by atoms with Gasteiger partial charge in [0, 0.05) is 25.2 Å². The lowest BCUT2D eigenvalue weighted by molar-refractivity contribution is 0.0736. The Morgan fingerprint density at radius 3 is 3.00 bits per heavy atom. The molecule has 0 spiro atoms. The average molecular weight is 376 g/mol. The topological polar surface area (TPSA) is 67.6 Å². The first-order chi connectivity index (χ1) is 12.5. The maximum absolute atomic E-state index is 13.0. The molecule has 3 rings (SSSR count). The van der Waals surface area contributed by atoms with Gasteiger partial charge in [-0.2, -0.15) is 0 Å². The Labute approximate surface area is 160 Å². The molecule has 0 saturated carbocycles. The Morgan fingerprint density at radius 1 is 1.42 bits per heavy atom. The summed E-state index contributed by atoms with van der Waals surface area (Å²) in [5, 5.41) is 3.55. The molecule has 0 radical (unpaired) electrons. The highest BCUT2D eigenvalue weighted by Crippen LogP contribution is 2.31. The Hall–Kier alpha value is -1.90. The first kappa shape index (κ1) is 18.9. The summed E-state index contributed by atoms with van der Waals surface area (Å²) in [6.45, 7) is 6.87. The van der Waals surface area contributed by atoms with Crippen molar-refractivity contribution in [3.8, 4) is 17.6 Å². The van der Waals surface area contributed by atoms with Crippen molar-refractivity contribution in [3.05, 3.63) is 22.7 Å². The van der Waals surface area contributed by atoms with Gasteiger partial charge in [-0.05, 0) is 51.6 Å². The molecule has 2 saturated heterocycles. The van der Waals surface area contributed by atoms with Gasteiger partial charge in [0.1, 0.15) is 5.75 Å². The molecule has 0 aromatic heterocycles. The zero-order valence-electron chi connectivity index (χ0n) is 15.3. The van der Waals surface area contributed by atoms with Crippen LogP contribution in [0.2, 0.25) is 5.02 Å². The van der Waals surface area contributed by atoms with Gasteiger partial charge in [0.2, 0.25) is 0 Å². The van der Waals surface area contributed by atoms with Crippen LogP contribution in [-0.2, 0) is 0 Å². The van der Waals surface area contributed by atoms with Crippen LogP contribution in [0, 0.1) is 17.8 Å². The van der Waals surface area contributed by atoms with Gasteiger partial charge < -0.3 is 20.7 Å². The van der Waals surface area contributed by atoms with Crippen LogP contribution in [0.1, 0.15) is 43.5 Å². The summed E-state index contributed by atoms with van der Waals surface area (Å²) >= 11 is 6.16. The van der Waals surface area contributed by atoms with Gasteiger partial charge in [-0.1, -0.05) is 17.5 Å². The fourth-order valence-electron chi connectivity index (χ4n) is 3.88. The first-order valence-corrected chi connectivity index (χ1v) is 9.57. The monoisotopic (exact) mass is 375 g/mol. The summed E-state index contributed by atoms with van der Waals surface area (Å²) in [6, 6.07) is 3.38. The van der Waals surface area contributed by atoms with E-state index in [-0.39, 0.29) is 18.1 Å². The lowest BCUT2D eigenvalue weighted by atomic mass is 9.85. The zero-order chi connectivity index (χ0) is 18.7. The SMILES string of the molecule is CC#C[C@H](C)Oc1cc(N)c(Cl)cc1C(=O)N[C@@H]1CCN2CCCC1C2. The summed E-state index contributed by atoms with van der Waals surface area (Å²) < 4.78 is 5.83. The molecular weight excluding hydrogens is 350 g/mol. The summed E-state index contributed by atoms with van der Waals surface area (Å²) in [5.74, 6) is 6.50. The number of benzene rings is 1. The summed E-state index contributed by atoms with van der Waals surface area (Å²) in [5.41, 5.74) is 6.70. The molecule has 2 aliphatic heterocycles. The number of nitrogens with zero attached hydrogens (tertiary/aromatic N) is 1. The van der Waals surface area contributed by atoms with Crippen molar-refractivity contribution in [2.45, 2.75) is 45.3 Å². The van der Waals surface area contributed by atoms with Crippen molar-refractivity contribution in [1.29, 1.82) is 0 Å². The number of carbonyl (C=O) groups excluding carboxylic acids is 1. The Balaban J connectivity index is 1.78. The molecule has 26 heavy (non-hydrogen) atoms. The van der Waals surface area contributed by atoms with Crippen molar-refractivity contribution in [2.24, 2.45) is 5.92 Å². The number of amides is 1. The third-order valence-corrected chi connectivity index (χ3v) is 5.51. The first-order valence-electron chi connectivity index (χ1n) is 9.19. The molecule has 5 nitrogen and oxygen atoms in total. The second-order valence-corrected chi connectivity index (χ2v) is 7.50. The molecule has 0 aliphatic carbocycles. The summed E-state index contributed by atoms with van der Waals surface area (Å²) in [4.78, 5) is 15.4. The number of nitrogens with one attached hydrogen (secondary N) is 1. The van der Waals surface area contributed by atoms with E-state index in [1.54, 1.807) is 19.1 Å². The maximum Gasteiger partial charge on any atom is 0.255 e. The van der Waals surface area contributed by atoms with Gasteiger partial charge in [0.25, 0.3) is 5.91 Å². The second kappa shape index (κ2) is 8.20. The van der Waals surface area contributed by atoms with Crippen LogP contribution in [0.25, 0.3) is 0 Å². The highest BCUT2D eigenvalue weighted by molar-refractivity contribution is 6.33. The predicted octanol–water partition coefficient (Wildman–Crippen LogP) is 2.93. The van der Waals surface area contributed by atoms with Crippen LogP contribution in [0.3, 0.4) is 0 Å². The molecular formula is C20H26ClN3O2. The van der Waals surface area contributed by atoms with Crippen LogP contribution in [0.4, 0.5) is 5.69 Å². The van der Waals surface area contributed by atoms with Crippen molar-refractivity contribution < 1.29 is 9.53 Å². The third-order valence-electron chi connectivity index (χ3n) is 5.18. The van der Waals surface area contributed by atoms with E-state index in [1.807, 2.05) is 6.92 Å². The average Bonchev–Trinajstić information content (AvgIpc) is 2.61. The molecule has 1 aromatic rings. The van der Waals surface area contributed by atoms with Crippen molar-refractivity contribution in [1.82, 2.24) is 10.2 Å². The van der Waals surface area contributed by atoms with Crippen LogP contribution in [-0.4, -0.2) is 42.6 Å². The molecule has 1 aromatic carbocycles. The van der Waals surface area contributed by atoms with Crippen LogP contribution in [0.15, 0.2) is 12.1 Å². The number of nitrogens with two attached hydrogens (primary N) is 1. The van der Waals surface area contributed by atoms with E-state index < -0.39 is 0 Å². The van der Waals surface area contributed by atoms with Crippen molar-refractivity contribution in [2.75, 3.05) is 25.4 Å². The number of halogens is 1. The largest absolute Gasteiger partial charge is 0.477 e. The third kappa shape index (κ3) is 4.25. The van der Waals surface area contributed by atoms with Gasteiger partial charge in [-0.15, -0.1) is 5.92 Å². The standard InChI is InChI=1S/C20H26ClN3O2/c1-3-5-13(2)26-19-11-17(22)16(21)10-15(19)20(25)23-18-7-9-24-8-4-6-14(18)12-24/h10-11,13-14,18H,4,6-9,12,22H2,1-2H3,(H,23,25)/t13-,14?,18+/m0/s1. The lowest BCUT2D eigenvalue weighted by Gasteiger charge is -2.42. The Bertz CT molecular complexity index is 741. The van der Waals surface area contributed by atoms with Crippen molar-refractivity contribution >= 4 is 23.2 Å². The van der Waals surface area contributed by atoms with E-state index in [9.17, 15) is 4.79 Å². The van der Waals surface area contributed by atoms with Crippen LogP contribution >= 0.6 is 11.6 Å².